The van der Waals surface area contributed by atoms with Crippen LogP contribution in [0, 0.1) is 13.8 Å². The molecule has 2 aromatic rings. The maximum Gasteiger partial charge on any atom is 0.523 e. The van der Waals surface area contributed by atoms with Crippen LogP contribution in [-0.2, 0) is 58.7 Å². The highest BCUT2D eigenvalue weighted by atomic mass is 33.2. The smallest absolute Gasteiger partial charge is 0.255 e. The molecule has 0 N–H and O–H groups in total. The number of rotatable bonds is 12. The molecule has 2 rings (SSSR count). The van der Waals surface area contributed by atoms with E-state index < -0.39 is 80.8 Å². The van der Waals surface area contributed by atoms with E-state index in [1.54, 1.807) is 0 Å². The Morgan fingerprint density at radius 1 is 0.615 bits per heavy atom. The third kappa shape index (κ3) is 7.54. The molecular weight excluding hydrogens is 642 g/mol. The van der Waals surface area contributed by atoms with Gasteiger partial charge in [-0.05, 0) is 38.1 Å². The van der Waals surface area contributed by atoms with Crippen LogP contribution in [0.25, 0.3) is 0 Å². The average molecular weight is 661 g/mol. The van der Waals surface area contributed by atoms with Crippen LogP contribution in [0.1, 0.15) is 11.1 Å². The Morgan fingerprint density at radius 3 is 1.21 bits per heavy atom. The summed E-state index contributed by atoms with van der Waals surface area (Å²) in [5, 5.41) is 0. The quantitative estimate of drug-likeness (QED) is 0.180. The molecule has 0 heterocycles. The lowest BCUT2D eigenvalue weighted by Crippen LogP contribution is -2.37. The van der Waals surface area contributed by atoms with Crippen LogP contribution < -0.4 is 0 Å². The molecule has 0 radical (unpaired) electrons. The molecule has 0 unspecified atom stereocenters. The van der Waals surface area contributed by atoms with Crippen LogP contribution in [0.3, 0.4) is 0 Å². The van der Waals surface area contributed by atoms with Crippen molar-refractivity contribution in [2.75, 3.05) is 13.2 Å². The van der Waals surface area contributed by atoms with Gasteiger partial charge in [-0.25, -0.2) is 16.8 Å². The largest absolute Gasteiger partial charge is 0.523 e. The van der Waals surface area contributed by atoms with Crippen molar-refractivity contribution in [1.82, 2.24) is 0 Å². The fourth-order valence-corrected chi connectivity index (χ4v) is 8.48. The van der Waals surface area contributed by atoms with Crippen LogP contribution >= 0.6 is 0 Å². The Hall–Kier alpha value is -2.14. The number of aryl methyl sites for hydroxylation is 2. The summed E-state index contributed by atoms with van der Waals surface area (Å²) in [6, 6.07) is 8.26. The minimum absolute atomic E-state index is 0.525. The van der Waals surface area contributed by atoms with Gasteiger partial charge in [0.05, 0.1) is 23.0 Å². The Labute approximate surface area is 221 Å². The number of halogens is 3. The minimum atomic E-state index is -6.57. The number of benzene rings is 2. The molecule has 0 bridgehead atoms. The number of alkyl halides is 3. The van der Waals surface area contributed by atoms with Crippen molar-refractivity contribution in [3.63, 3.8) is 0 Å². The molecule has 0 aromatic heterocycles. The first-order valence-corrected chi connectivity index (χ1v) is 18.2. The van der Waals surface area contributed by atoms with E-state index in [-0.39, 0.29) is 0 Å². The van der Waals surface area contributed by atoms with E-state index in [2.05, 4.69) is 12.5 Å². The first-order valence-electron chi connectivity index (χ1n) is 9.95. The van der Waals surface area contributed by atoms with E-state index in [9.17, 15) is 55.3 Å². The van der Waals surface area contributed by atoms with Gasteiger partial charge < -0.3 is 0 Å². The van der Waals surface area contributed by atoms with Crippen LogP contribution in [-0.4, -0.2) is 66.9 Å². The third-order valence-corrected chi connectivity index (χ3v) is 14.2. The maximum atomic E-state index is 12.8. The molecule has 0 aliphatic rings. The van der Waals surface area contributed by atoms with Gasteiger partial charge in [0.2, 0.25) is 0 Å². The summed E-state index contributed by atoms with van der Waals surface area (Å²) in [5.74, 6) is 0. The van der Waals surface area contributed by atoms with Crippen LogP contribution in [0.2, 0.25) is 0 Å². The van der Waals surface area contributed by atoms with E-state index in [0.717, 1.165) is 24.3 Å². The van der Waals surface area contributed by atoms with Crippen molar-refractivity contribution in [2.24, 2.45) is 0 Å². The summed E-state index contributed by atoms with van der Waals surface area (Å²) < 4.78 is 172. The highest BCUT2D eigenvalue weighted by Gasteiger charge is 2.49. The predicted octanol–water partition coefficient (Wildman–Crippen LogP) is 1.31. The van der Waals surface area contributed by atoms with E-state index >= 15 is 0 Å². The second kappa shape index (κ2) is 11.4. The Bertz CT molecular complexity index is 1620. The third-order valence-electron chi connectivity index (χ3n) is 4.50. The zero-order valence-electron chi connectivity index (χ0n) is 19.6. The fraction of sp³-hybridized carbons (Fsp3) is 0.333. The second-order valence-electron chi connectivity index (χ2n) is 7.54. The van der Waals surface area contributed by atoms with E-state index in [0.29, 0.717) is 11.1 Å². The van der Waals surface area contributed by atoms with Crippen molar-refractivity contribution in [3.8, 4) is 0 Å². The monoisotopic (exact) mass is 660 g/mol. The van der Waals surface area contributed by atoms with Crippen LogP contribution in [0.5, 0.6) is 0 Å². The van der Waals surface area contributed by atoms with Gasteiger partial charge >= 0.3 is 51.7 Å². The summed E-state index contributed by atoms with van der Waals surface area (Å²) >= 11 is 0. The van der Waals surface area contributed by atoms with Crippen LogP contribution in [0.15, 0.2) is 58.3 Å². The molecule has 0 saturated carbocycles. The summed E-state index contributed by atoms with van der Waals surface area (Å²) in [4.78, 5) is -1.65. The summed E-state index contributed by atoms with van der Waals surface area (Å²) in [6.07, 6.45) is -2.82. The summed E-state index contributed by atoms with van der Waals surface area (Å²) in [6.45, 7) is -0.638. The molecule has 0 atom stereocenters. The van der Waals surface area contributed by atoms with Gasteiger partial charge in [-0.3, -0.25) is 12.5 Å². The first kappa shape index (κ1) is 33.1. The molecule has 39 heavy (non-hydrogen) atoms. The molecule has 0 aliphatic carbocycles. The van der Waals surface area contributed by atoms with Gasteiger partial charge in [0.1, 0.15) is 6.10 Å². The van der Waals surface area contributed by atoms with Crippen molar-refractivity contribution in [2.45, 2.75) is 35.3 Å². The zero-order chi connectivity index (χ0) is 30.1. The molecule has 2 aromatic carbocycles. The molecule has 0 amide bonds. The van der Waals surface area contributed by atoms with Gasteiger partial charge in [0, 0.05) is 0 Å². The second-order valence-corrected chi connectivity index (χ2v) is 19.0. The predicted molar refractivity (Wildman–Crippen MR) is 126 cm³/mol. The standard InChI is InChI=1S/C18H19F3O13S5/c1-13-3-7-16(8-4-13)35(22,23)38(28,29)32-11-15(34-37(26,27)18(19,20)21)12-33-39(30,31)36(24,25)17-9-5-14(2)6-10-17/h3-10,15H,11-12H2,1-2H3. The normalized spacial score (nSPS) is 14.0. The lowest BCUT2D eigenvalue weighted by atomic mass is 10.2. The van der Waals surface area contributed by atoms with Gasteiger partial charge in [-0.1, -0.05) is 35.4 Å². The van der Waals surface area contributed by atoms with Gasteiger partial charge in [0.15, 0.2) is 0 Å². The average Bonchev–Trinajstić information content (AvgIpc) is 2.80. The zero-order valence-corrected chi connectivity index (χ0v) is 23.7. The Balaban J connectivity index is 2.35. The highest BCUT2D eigenvalue weighted by Crippen LogP contribution is 2.27. The molecule has 0 fully saturated rings. The van der Waals surface area contributed by atoms with Crippen molar-refractivity contribution in [3.05, 3.63) is 59.7 Å². The van der Waals surface area contributed by atoms with Gasteiger partial charge in [-0.15, -0.1) is 0 Å². The number of hydrogen-bond acceptors (Lipinski definition) is 13. The van der Waals surface area contributed by atoms with Crippen molar-refractivity contribution < 1.29 is 67.8 Å². The fourth-order valence-electron chi connectivity index (χ4n) is 2.43. The van der Waals surface area contributed by atoms with Crippen molar-refractivity contribution in [1.29, 1.82) is 0 Å². The Morgan fingerprint density at radius 2 is 0.923 bits per heavy atom. The van der Waals surface area contributed by atoms with Crippen molar-refractivity contribution >= 4 is 46.2 Å². The lowest BCUT2D eigenvalue weighted by molar-refractivity contribution is -0.0600. The molecule has 0 saturated heterocycles. The van der Waals surface area contributed by atoms with E-state index in [4.69, 9.17) is 0 Å². The molecule has 0 spiro atoms. The minimum Gasteiger partial charge on any atom is -0.255 e. The van der Waals surface area contributed by atoms with E-state index in [1.165, 1.54) is 38.1 Å². The summed E-state index contributed by atoms with van der Waals surface area (Å²) in [5.41, 5.74) is -5.06. The molecule has 21 heteroatoms. The van der Waals surface area contributed by atoms with Gasteiger partial charge in [-0.2, -0.15) is 38.4 Å². The number of hydrogen-bond donors (Lipinski definition) is 0. The molecule has 13 nitrogen and oxygen atoms in total. The summed E-state index contributed by atoms with van der Waals surface area (Å²) in [7, 11) is -28.8. The van der Waals surface area contributed by atoms with Crippen LogP contribution in [0.4, 0.5) is 13.2 Å². The molecular formula is C18H19F3O13S5. The SMILES string of the molecule is Cc1ccc(S(=O)(=O)S(=O)(=O)OCC(COS(=O)(=O)S(=O)(=O)c2ccc(C)cc2)OS(=O)(=O)C(F)(F)F)cc1. The lowest BCUT2D eigenvalue weighted by Gasteiger charge is -2.18. The maximum absolute atomic E-state index is 12.8. The van der Waals surface area contributed by atoms with Gasteiger partial charge in [0.25, 0.3) is 0 Å². The van der Waals surface area contributed by atoms with E-state index in [1.807, 2.05) is 0 Å². The highest BCUT2D eigenvalue weighted by molar-refractivity contribution is 8.65. The molecule has 0 aliphatic heterocycles. The molecule has 220 valence electrons. The topological polar surface area (TPSA) is 198 Å². The first-order chi connectivity index (χ1) is 17.5. The Kier molecular flexibility index (Phi) is 9.66.